The zero-order valence-electron chi connectivity index (χ0n) is 28.1. The van der Waals surface area contributed by atoms with E-state index in [1.807, 2.05) is 57.3 Å². The SMILES string of the molecule is C=CC(C/C=C\C)C(=C1NC(C)=C(c2ccc3ncccc3c2)C(=O)N1C)C(=C\CC)/C(/C=C\C(C)C)=C/C(=C)C(C)CC. The van der Waals surface area contributed by atoms with Gasteiger partial charge in [-0.05, 0) is 79.9 Å². The van der Waals surface area contributed by atoms with Crippen LogP contribution in [0, 0.1) is 17.8 Å². The van der Waals surface area contributed by atoms with E-state index in [1.54, 1.807) is 11.1 Å². The van der Waals surface area contributed by atoms with Gasteiger partial charge in [0.2, 0.25) is 0 Å². The number of carbonyl (C=O) groups is 1. The lowest BCUT2D eigenvalue weighted by Crippen LogP contribution is -2.41. The van der Waals surface area contributed by atoms with Crippen LogP contribution in [0.2, 0.25) is 0 Å². The van der Waals surface area contributed by atoms with Gasteiger partial charge in [-0.15, -0.1) is 6.58 Å². The van der Waals surface area contributed by atoms with Crippen LogP contribution in [0.15, 0.2) is 126 Å². The Morgan fingerprint density at radius 1 is 1.16 bits per heavy atom. The molecule has 1 aromatic carbocycles. The highest BCUT2D eigenvalue weighted by molar-refractivity contribution is 6.22. The average molecular weight is 590 g/mol. The largest absolute Gasteiger partial charge is 0.344 e. The Kier molecular flexibility index (Phi) is 12.5. The van der Waals surface area contributed by atoms with Crippen LogP contribution in [0.1, 0.15) is 73.3 Å². The van der Waals surface area contributed by atoms with Gasteiger partial charge in [-0.25, -0.2) is 0 Å². The minimum absolute atomic E-state index is 0.0319. The third kappa shape index (κ3) is 8.05. The van der Waals surface area contributed by atoms with E-state index >= 15 is 0 Å². The van der Waals surface area contributed by atoms with Gasteiger partial charge < -0.3 is 5.32 Å². The fourth-order valence-corrected chi connectivity index (χ4v) is 5.39. The summed E-state index contributed by atoms with van der Waals surface area (Å²) in [6.45, 7) is 23.7. The molecule has 0 saturated heterocycles. The first-order chi connectivity index (χ1) is 21.1. The van der Waals surface area contributed by atoms with E-state index in [0.29, 0.717) is 17.4 Å². The molecule has 0 radical (unpaired) electrons. The monoisotopic (exact) mass is 589 g/mol. The van der Waals surface area contributed by atoms with Crippen LogP contribution in [0.3, 0.4) is 0 Å². The van der Waals surface area contributed by atoms with E-state index in [1.165, 1.54) is 0 Å². The predicted molar refractivity (Wildman–Crippen MR) is 189 cm³/mol. The van der Waals surface area contributed by atoms with Crippen molar-refractivity contribution in [1.29, 1.82) is 0 Å². The second kappa shape index (κ2) is 16.0. The van der Waals surface area contributed by atoms with Gasteiger partial charge in [0.1, 0.15) is 5.82 Å². The van der Waals surface area contributed by atoms with Crippen molar-refractivity contribution in [2.75, 3.05) is 7.05 Å². The van der Waals surface area contributed by atoms with Crippen LogP contribution in [-0.2, 0) is 4.79 Å². The van der Waals surface area contributed by atoms with Crippen LogP contribution in [0.4, 0.5) is 0 Å². The third-order valence-electron chi connectivity index (χ3n) is 8.22. The van der Waals surface area contributed by atoms with Gasteiger partial charge >= 0.3 is 0 Å². The summed E-state index contributed by atoms with van der Waals surface area (Å²) >= 11 is 0. The quantitative estimate of drug-likeness (QED) is 0.187. The van der Waals surface area contributed by atoms with Gasteiger partial charge in [-0.1, -0.05) is 101 Å². The summed E-state index contributed by atoms with van der Waals surface area (Å²) in [5.74, 6) is 1.45. The summed E-state index contributed by atoms with van der Waals surface area (Å²) in [5.41, 5.74) is 7.59. The number of carbonyl (C=O) groups excluding carboxylic acids is 1. The van der Waals surface area contributed by atoms with Crippen LogP contribution in [0.25, 0.3) is 16.5 Å². The summed E-state index contributed by atoms with van der Waals surface area (Å²) in [5, 5.41) is 4.69. The molecule has 2 aromatic rings. The fourth-order valence-electron chi connectivity index (χ4n) is 5.39. The highest BCUT2D eigenvalue weighted by atomic mass is 16.2. The number of amides is 1. The smallest absolute Gasteiger partial charge is 0.261 e. The minimum atomic E-state index is -0.0473. The maximum atomic E-state index is 14.3. The van der Waals surface area contributed by atoms with Crippen molar-refractivity contribution in [3.05, 3.63) is 132 Å². The zero-order valence-corrected chi connectivity index (χ0v) is 28.1. The van der Waals surface area contributed by atoms with E-state index in [2.05, 4.69) is 94.5 Å². The Morgan fingerprint density at radius 3 is 2.55 bits per heavy atom. The molecule has 0 aliphatic carbocycles. The molecule has 44 heavy (non-hydrogen) atoms. The van der Waals surface area contributed by atoms with Crippen LogP contribution in [0.5, 0.6) is 0 Å². The normalized spacial score (nSPS) is 17.6. The number of aromatic nitrogens is 1. The van der Waals surface area contributed by atoms with Crippen molar-refractivity contribution >= 4 is 22.4 Å². The second-order valence-corrected chi connectivity index (χ2v) is 11.9. The Labute approximate surface area is 266 Å². The summed E-state index contributed by atoms with van der Waals surface area (Å²) in [6, 6.07) is 9.95. The van der Waals surface area contributed by atoms with Crippen LogP contribution in [-0.4, -0.2) is 22.8 Å². The number of benzene rings is 1. The maximum absolute atomic E-state index is 14.3. The number of likely N-dealkylation sites (N-methyl/N-ethyl adjacent to an activating group) is 1. The molecule has 0 saturated carbocycles. The first kappa shape index (κ1) is 34.3. The highest BCUT2D eigenvalue weighted by Gasteiger charge is 2.32. The fraction of sp³-hybridized carbons (Fsp3) is 0.350. The summed E-state index contributed by atoms with van der Waals surface area (Å²) < 4.78 is 0. The molecular formula is C40H51N3O. The molecule has 1 N–H and O–H groups in total. The Morgan fingerprint density at radius 2 is 1.91 bits per heavy atom. The molecule has 0 bridgehead atoms. The van der Waals surface area contributed by atoms with Gasteiger partial charge in [-0.2, -0.15) is 0 Å². The lowest BCUT2D eigenvalue weighted by Gasteiger charge is -2.35. The number of allylic oxidation sites excluding steroid dienone is 12. The molecule has 0 fully saturated rings. The van der Waals surface area contributed by atoms with Gasteiger partial charge in [-0.3, -0.25) is 14.7 Å². The number of hydrogen-bond donors (Lipinski definition) is 1. The van der Waals surface area contributed by atoms with Crippen molar-refractivity contribution in [1.82, 2.24) is 15.2 Å². The summed E-state index contributed by atoms with van der Waals surface area (Å²) in [7, 11) is 1.87. The topological polar surface area (TPSA) is 45.2 Å². The molecule has 0 spiro atoms. The molecule has 232 valence electrons. The van der Waals surface area contributed by atoms with Crippen molar-refractivity contribution in [2.24, 2.45) is 17.8 Å². The Hall–Kier alpha value is -4.18. The van der Waals surface area contributed by atoms with E-state index in [0.717, 1.165) is 69.5 Å². The molecule has 1 aliphatic heterocycles. The molecular weight excluding hydrogens is 538 g/mol. The van der Waals surface area contributed by atoms with Crippen LogP contribution >= 0.6 is 0 Å². The summed E-state index contributed by atoms with van der Waals surface area (Å²) in [6.07, 6.45) is 19.6. The zero-order chi connectivity index (χ0) is 32.4. The van der Waals surface area contributed by atoms with Gasteiger partial charge in [0.15, 0.2) is 0 Å². The van der Waals surface area contributed by atoms with Crippen LogP contribution < -0.4 is 5.32 Å². The molecule has 2 unspecified atom stereocenters. The lowest BCUT2D eigenvalue weighted by molar-refractivity contribution is -0.122. The highest BCUT2D eigenvalue weighted by Crippen LogP contribution is 2.38. The first-order valence-electron chi connectivity index (χ1n) is 16.0. The third-order valence-corrected chi connectivity index (χ3v) is 8.22. The molecule has 1 aromatic heterocycles. The number of nitrogens with one attached hydrogen (secondary N) is 1. The number of nitrogens with zero attached hydrogens (tertiary/aromatic N) is 2. The number of pyridine rings is 1. The molecule has 4 nitrogen and oxygen atoms in total. The first-order valence-corrected chi connectivity index (χ1v) is 16.0. The number of hydrogen-bond acceptors (Lipinski definition) is 3. The molecule has 2 heterocycles. The van der Waals surface area contributed by atoms with Gasteiger partial charge in [0, 0.05) is 35.8 Å². The summed E-state index contributed by atoms with van der Waals surface area (Å²) in [4.78, 5) is 20.5. The van der Waals surface area contributed by atoms with Crippen molar-refractivity contribution in [3.8, 4) is 0 Å². The Balaban J connectivity index is 2.33. The average Bonchev–Trinajstić information content (AvgIpc) is 3.01. The lowest BCUT2D eigenvalue weighted by atomic mass is 9.82. The maximum Gasteiger partial charge on any atom is 0.261 e. The molecule has 2 atom stereocenters. The van der Waals surface area contributed by atoms with Gasteiger partial charge in [0.25, 0.3) is 5.91 Å². The molecule has 1 amide bonds. The molecule has 4 heteroatoms. The van der Waals surface area contributed by atoms with Gasteiger partial charge in [0.05, 0.1) is 11.1 Å². The second-order valence-electron chi connectivity index (χ2n) is 11.9. The van der Waals surface area contributed by atoms with Crippen molar-refractivity contribution in [3.63, 3.8) is 0 Å². The van der Waals surface area contributed by atoms with E-state index in [-0.39, 0.29) is 11.8 Å². The Bertz CT molecular complexity index is 1560. The predicted octanol–water partition coefficient (Wildman–Crippen LogP) is 10.1. The van der Waals surface area contributed by atoms with E-state index in [4.69, 9.17) is 0 Å². The molecule has 1 aliphatic rings. The molecule has 3 rings (SSSR count). The van der Waals surface area contributed by atoms with Crippen molar-refractivity contribution < 1.29 is 4.79 Å². The number of rotatable bonds is 13. The van der Waals surface area contributed by atoms with E-state index in [9.17, 15) is 4.79 Å². The standard InChI is InChI=1S/C40H51N3O/c1-11-15-18-31(14-4)38(35(17-12-2)32(21-20-27(5)6)25-29(8)28(7)13-3)39-42-30(9)37(40(44)43(39)10)34-22-23-36-33(26-34)19-16-24-41-36/h11,14-17,19-28,31,42H,4,8,12-13,18H2,1-3,5-7,9-10H3/b15-11-,21-20-,32-25+,35-17-,39-38?. The number of fused-ring (bicyclic) bond motifs is 1. The van der Waals surface area contributed by atoms with Crippen molar-refractivity contribution in [2.45, 2.75) is 67.7 Å². The minimum Gasteiger partial charge on any atom is -0.344 e. The van der Waals surface area contributed by atoms with E-state index < -0.39 is 0 Å².